The SMILES string of the molecule is CCCCOC.CCCCOC(=O)c1ccc(CCNCCc2ccccc2OCc2ccc(-c3ccc(C(F)(F)F)cc3)cc2Cl)cc1.O=Cc1ccc2c(n1)CCCC2. The zero-order valence-electron chi connectivity index (χ0n) is 35.5. The van der Waals surface area contributed by atoms with Crippen LogP contribution in [0.2, 0.25) is 5.02 Å². The lowest BCUT2D eigenvalue weighted by molar-refractivity contribution is -0.137. The first-order valence-electron chi connectivity index (χ1n) is 21.1. The number of carbonyl (C=O) groups is 2. The van der Waals surface area contributed by atoms with Crippen LogP contribution >= 0.6 is 11.6 Å². The molecule has 0 aliphatic heterocycles. The fraction of sp³-hybridized carbons (Fsp3) is 0.380. The first-order chi connectivity index (χ1) is 29.6. The normalized spacial score (nSPS) is 11.9. The molecule has 11 heteroatoms. The van der Waals surface area contributed by atoms with Crippen LogP contribution in [0.5, 0.6) is 5.75 Å². The number of pyridine rings is 1. The number of esters is 1. The van der Waals surface area contributed by atoms with Crippen LogP contribution in [0.15, 0.2) is 103 Å². The number of hydrogen-bond donors (Lipinski definition) is 1. The number of alkyl halides is 3. The van der Waals surface area contributed by atoms with Gasteiger partial charge in [-0.1, -0.05) is 99.0 Å². The van der Waals surface area contributed by atoms with Gasteiger partial charge >= 0.3 is 12.1 Å². The molecule has 5 aromatic rings. The number of benzene rings is 4. The number of aromatic nitrogens is 1. The van der Waals surface area contributed by atoms with Gasteiger partial charge in [0.1, 0.15) is 18.1 Å². The highest BCUT2D eigenvalue weighted by Gasteiger charge is 2.30. The monoisotopic (exact) mass is 858 g/mol. The van der Waals surface area contributed by atoms with Crippen LogP contribution in [0, 0.1) is 0 Å². The van der Waals surface area contributed by atoms with E-state index in [9.17, 15) is 22.8 Å². The van der Waals surface area contributed by atoms with Gasteiger partial charge in [0.25, 0.3) is 0 Å². The van der Waals surface area contributed by atoms with Gasteiger partial charge in [-0.15, -0.1) is 0 Å². The van der Waals surface area contributed by atoms with Crippen molar-refractivity contribution in [2.45, 2.75) is 90.8 Å². The molecule has 1 aliphatic rings. The summed E-state index contributed by atoms with van der Waals surface area (Å²) in [5, 5.41) is 3.95. The topological polar surface area (TPSA) is 86.8 Å². The van der Waals surface area contributed by atoms with Gasteiger partial charge in [0.2, 0.25) is 0 Å². The smallest absolute Gasteiger partial charge is 0.416 e. The number of nitrogens with one attached hydrogen (secondary N) is 1. The molecule has 1 aliphatic carbocycles. The summed E-state index contributed by atoms with van der Waals surface area (Å²) in [6.07, 6.45) is 6.97. The van der Waals surface area contributed by atoms with Crippen LogP contribution in [-0.4, -0.2) is 50.7 Å². The lowest BCUT2D eigenvalue weighted by atomic mass is 9.96. The Kier molecular flexibility index (Phi) is 21.0. The van der Waals surface area contributed by atoms with Gasteiger partial charge in [0, 0.05) is 30.0 Å². The number of ether oxygens (including phenoxy) is 3. The number of unbranched alkanes of at least 4 members (excludes halogenated alkanes) is 2. The maximum absolute atomic E-state index is 12.9. The number of nitrogens with zero attached hydrogens (tertiary/aromatic N) is 1. The predicted molar refractivity (Wildman–Crippen MR) is 238 cm³/mol. The Hall–Kier alpha value is -5.03. The van der Waals surface area contributed by atoms with Crippen molar-refractivity contribution in [3.63, 3.8) is 0 Å². The van der Waals surface area contributed by atoms with Gasteiger partial charge in [0.15, 0.2) is 6.29 Å². The molecule has 0 saturated carbocycles. The van der Waals surface area contributed by atoms with Gasteiger partial charge in [-0.05, 0) is 135 Å². The number of para-hydroxylation sites is 1. The Morgan fingerprint density at radius 2 is 1.49 bits per heavy atom. The quantitative estimate of drug-likeness (QED) is 0.0533. The van der Waals surface area contributed by atoms with Gasteiger partial charge in [-0.2, -0.15) is 13.2 Å². The van der Waals surface area contributed by atoms with Crippen molar-refractivity contribution in [2.75, 3.05) is 33.4 Å². The molecule has 1 heterocycles. The molecular formula is C50H58ClF3N2O5. The van der Waals surface area contributed by atoms with Crippen LogP contribution < -0.4 is 10.1 Å². The summed E-state index contributed by atoms with van der Waals surface area (Å²) in [6.45, 7) is 7.40. The summed E-state index contributed by atoms with van der Waals surface area (Å²) in [5.74, 6) is 0.491. The van der Waals surface area contributed by atoms with Gasteiger partial charge < -0.3 is 19.5 Å². The van der Waals surface area contributed by atoms with Crippen molar-refractivity contribution in [3.8, 4) is 16.9 Å². The Bertz CT molecular complexity index is 2070. The molecule has 4 aromatic carbocycles. The third kappa shape index (κ3) is 16.7. The second-order valence-electron chi connectivity index (χ2n) is 14.7. The fourth-order valence-corrected chi connectivity index (χ4v) is 6.67. The van der Waals surface area contributed by atoms with E-state index in [4.69, 9.17) is 25.8 Å². The van der Waals surface area contributed by atoms with Gasteiger partial charge in [-0.3, -0.25) is 4.79 Å². The zero-order valence-corrected chi connectivity index (χ0v) is 36.3. The van der Waals surface area contributed by atoms with Crippen LogP contribution in [0.4, 0.5) is 13.2 Å². The number of hydrogen-bond acceptors (Lipinski definition) is 7. The minimum atomic E-state index is -4.37. The molecule has 0 atom stereocenters. The predicted octanol–water partition coefficient (Wildman–Crippen LogP) is 12.1. The van der Waals surface area contributed by atoms with E-state index >= 15 is 0 Å². The highest BCUT2D eigenvalue weighted by Crippen LogP contribution is 2.32. The summed E-state index contributed by atoms with van der Waals surface area (Å²) in [6, 6.07) is 29.7. The molecule has 0 spiro atoms. The summed E-state index contributed by atoms with van der Waals surface area (Å²) in [4.78, 5) is 26.8. The van der Waals surface area contributed by atoms with Gasteiger partial charge in [-0.25, -0.2) is 9.78 Å². The average Bonchev–Trinajstić information content (AvgIpc) is 3.28. The lowest BCUT2D eigenvalue weighted by Gasteiger charge is -2.14. The highest BCUT2D eigenvalue weighted by molar-refractivity contribution is 6.31. The molecular weight excluding hydrogens is 801 g/mol. The standard InChI is InChI=1S/C35H35ClF3NO3.C10H11NO.C5H12O/c1-2-3-22-42-34(41)28-10-8-25(9-11-28)18-20-40-21-19-27-6-4-5-7-33(27)43-24-30-13-12-29(23-32(30)36)26-14-16-31(17-15-26)35(37,38)39;12-7-9-6-5-8-3-1-2-4-10(8)11-9;1-3-4-5-6-2/h4-17,23,40H,2-3,18-22,24H2,1H3;5-7H,1-4H2;3-5H2,1-2H3. The van der Waals surface area contributed by atoms with Crippen molar-refractivity contribution < 1.29 is 37.0 Å². The molecule has 326 valence electrons. The number of carbonyl (C=O) groups excluding carboxylic acids is 2. The molecule has 1 N–H and O–H groups in total. The molecule has 61 heavy (non-hydrogen) atoms. The fourth-order valence-electron chi connectivity index (χ4n) is 6.44. The Labute approximate surface area is 364 Å². The van der Waals surface area contributed by atoms with E-state index in [-0.39, 0.29) is 12.6 Å². The molecule has 0 fully saturated rings. The van der Waals surface area contributed by atoms with Crippen LogP contribution in [0.3, 0.4) is 0 Å². The van der Waals surface area contributed by atoms with Crippen molar-refractivity contribution in [3.05, 3.63) is 153 Å². The van der Waals surface area contributed by atoms with Crippen LogP contribution in [-0.2, 0) is 47.9 Å². The largest absolute Gasteiger partial charge is 0.489 e. The first-order valence-corrected chi connectivity index (χ1v) is 21.5. The molecule has 0 unspecified atom stereocenters. The zero-order chi connectivity index (χ0) is 43.9. The summed E-state index contributed by atoms with van der Waals surface area (Å²) >= 11 is 6.51. The summed E-state index contributed by atoms with van der Waals surface area (Å²) < 4.78 is 54.8. The van der Waals surface area contributed by atoms with Gasteiger partial charge in [0.05, 0.1) is 17.7 Å². The van der Waals surface area contributed by atoms with E-state index in [1.807, 2.05) is 66.7 Å². The number of fused-ring (bicyclic) bond motifs is 1. The highest BCUT2D eigenvalue weighted by atomic mass is 35.5. The number of aryl methyl sites for hydroxylation is 2. The van der Waals surface area contributed by atoms with Crippen molar-refractivity contribution >= 4 is 23.9 Å². The van der Waals surface area contributed by atoms with E-state index in [1.54, 1.807) is 19.2 Å². The van der Waals surface area contributed by atoms with Crippen LogP contribution in [0.1, 0.15) is 107 Å². The molecule has 0 amide bonds. The maximum Gasteiger partial charge on any atom is 0.416 e. The second-order valence-corrected chi connectivity index (χ2v) is 15.1. The van der Waals surface area contributed by atoms with Crippen LogP contribution in [0.25, 0.3) is 11.1 Å². The average molecular weight is 859 g/mol. The van der Waals surface area contributed by atoms with Crippen molar-refractivity contribution in [1.82, 2.24) is 10.3 Å². The van der Waals surface area contributed by atoms with E-state index < -0.39 is 11.7 Å². The maximum atomic E-state index is 12.9. The third-order valence-electron chi connectivity index (χ3n) is 10.1. The Balaban J connectivity index is 0.000000373. The molecule has 0 saturated heterocycles. The number of halogens is 4. The molecule has 7 nitrogen and oxygen atoms in total. The number of aldehydes is 1. The Morgan fingerprint density at radius 1 is 0.803 bits per heavy atom. The molecule has 1 aromatic heterocycles. The minimum absolute atomic E-state index is 0.263. The number of rotatable bonds is 18. The summed E-state index contributed by atoms with van der Waals surface area (Å²) in [5.41, 5.74) is 7.28. The lowest BCUT2D eigenvalue weighted by Crippen LogP contribution is -2.20. The van der Waals surface area contributed by atoms with E-state index in [2.05, 4.69) is 24.1 Å². The molecule has 0 radical (unpaired) electrons. The van der Waals surface area contributed by atoms with Crippen molar-refractivity contribution in [1.29, 1.82) is 0 Å². The van der Waals surface area contributed by atoms with E-state index in [0.29, 0.717) is 28.5 Å². The molecule has 0 bridgehead atoms. The second kappa shape index (κ2) is 26.3. The minimum Gasteiger partial charge on any atom is -0.489 e. The summed E-state index contributed by atoms with van der Waals surface area (Å²) in [7, 11) is 1.73. The van der Waals surface area contributed by atoms with Crippen molar-refractivity contribution in [2.24, 2.45) is 0 Å². The Morgan fingerprint density at radius 3 is 2.16 bits per heavy atom. The number of methoxy groups -OCH3 is 1. The van der Waals surface area contributed by atoms with E-state index in [1.165, 1.54) is 43.4 Å². The third-order valence-corrected chi connectivity index (χ3v) is 10.4. The first kappa shape index (κ1) is 48.6. The molecule has 6 rings (SSSR count). The van der Waals surface area contributed by atoms with E-state index in [0.717, 1.165) is 110 Å².